The largest absolute Gasteiger partial charge is 0.379 e. The molecular formula is C17H22ClN5O. The molecule has 1 aromatic carbocycles. The summed E-state index contributed by atoms with van der Waals surface area (Å²) in [6.45, 7) is 7.31. The minimum absolute atomic E-state index is 0.632. The van der Waals surface area contributed by atoms with Gasteiger partial charge in [-0.15, -0.1) is 0 Å². The van der Waals surface area contributed by atoms with Crippen molar-refractivity contribution in [3.05, 3.63) is 41.0 Å². The molecule has 1 aromatic heterocycles. The van der Waals surface area contributed by atoms with Crippen molar-refractivity contribution in [2.75, 3.05) is 50.0 Å². The Hall–Kier alpha value is -1.89. The molecule has 1 fully saturated rings. The van der Waals surface area contributed by atoms with Crippen LogP contribution in [0.5, 0.6) is 0 Å². The van der Waals surface area contributed by atoms with Crippen molar-refractivity contribution in [3.8, 4) is 0 Å². The van der Waals surface area contributed by atoms with Crippen LogP contribution in [-0.2, 0) is 4.74 Å². The van der Waals surface area contributed by atoms with E-state index >= 15 is 0 Å². The van der Waals surface area contributed by atoms with Crippen LogP contribution in [0.4, 0.5) is 17.5 Å². The van der Waals surface area contributed by atoms with Crippen molar-refractivity contribution in [2.45, 2.75) is 6.92 Å². The molecule has 3 rings (SSSR count). The Balaban J connectivity index is 1.58. The van der Waals surface area contributed by atoms with Crippen LogP contribution in [0.2, 0.25) is 5.02 Å². The zero-order valence-electron chi connectivity index (χ0n) is 13.8. The highest BCUT2D eigenvalue weighted by Crippen LogP contribution is 2.20. The average molecular weight is 348 g/mol. The zero-order chi connectivity index (χ0) is 16.8. The number of aryl methyl sites for hydroxylation is 1. The standard InChI is InChI=1S/C17H22ClN5O/c1-13-11-16(21-15-4-2-3-14(18)12-15)22-17(20-13)19-5-6-23-7-9-24-10-8-23/h2-4,11-12H,5-10H2,1H3,(H2,19,20,21,22). The van der Waals surface area contributed by atoms with Gasteiger partial charge in [0.05, 0.1) is 13.2 Å². The topological polar surface area (TPSA) is 62.3 Å². The van der Waals surface area contributed by atoms with Crippen LogP contribution in [0.25, 0.3) is 0 Å². The first kappa shape index (κ1) is 17.0. The van der Waals surface area contributed by atoms with Crippen LogP contribution in [0.1, 0.15) is 5.69 Å². The van der Waals surface area contributed by atoms with E-state index < -0.39 is 0 Å². The Kier molecular flexibility index (Phi) is 5.85. The lowest BCUT2D eigenvalue weighted by Gasteiger charge is -2.26. The molecule has 24 heavy (non-hydrogen) atoms. The van der Waals surface area contributed by atoms with Crippen molar-refractivity contribution in [2.24, 2.45) is 0 Å². The van der Waals surface area contributed by atoms with Crippen LogP contribution in [0.15, 0.2) is 30.3 Å². The summed E-state index contributed by atoms with van der Waals surface area (Å²) in [5.41, 5.74) is 1.81. The number of halogens is 1. The molecular weight excluding hydrogens is 326 g/mol. The second-order valence-electron chi connectivity index (χ2n) is 5.73. The van der Waals surface area contributed by atoms with Crippen LogP contribution < -0.4 is 10.6 Å². The summed E-state index contributed by atoms with van der Waals surface area (Å²) >= 11 is 6.02. The zero-order valence-corrected chi connectivity index (χ0v) is 14.5. The second-order valence-corrected chi connectivity index (χ2v) is 6.17. The van der Waals surface area contributed by atoms with Gasteiger partial charge in [0.2, 0.25) is 5.95 Å². The predicted octanol–water partition coefficient (Wildman–Crippen LogP) is 2.93. The number of aromatic nitrogens is 2. The van der Waals surface area contributed by atoms with Crippen molar-refractivity contribution >= 4 is 29.1 Å². The molecule has 0 unspecified atom stereocenters. The quantitative estimate of drug-likeness (QED) is 0.837. The van der Waals surface area contributed by atoms with Crippen molar-refractivity contribution in [1.29, 1.82) is 0 Å². The van der Waals surface area contributed by atoms with E-state index in [1.165, 1.54) is 0 Å². The van der Waals surface area contributed by atoms with Gasteiger partial charge in [-0.2, -0.15) is 4.98 Å². The van der Waals surface area contributed by atoms with Crippen molar-refractivity contribution in [1.82, 2.24) is 14.9 Å². The fourth-order valence-electron chi connectivity index (χ4n) is 2.58. The molecule has 2 N–H and O–H groups in total. The summed E-state index contributed by atoms with van der Waals surface area (Å²) in [6, 6.07) is 9.48. The number of nitrogens with zero attached hydrogens (tertiary/aromatic N) is 3. The molecule has 7 heteroatoms. The lowest BCUT2D eigenvalue weighted by atomic mass is 10.3. The van der Waals surface area contributed by atoms with Crippen LogP contribution >= 0.6 is 11.6 Å². The Morgan fingerprint density at radius 3 is 2.83 bits per heavy atom. The first-order valence-corrected chi connectivity index (χ1v) is 8.49. The number of benzene rings is 1. The fourth-order valence-corrected chi connectivity index (χ4v) is 2.77. The van der Waals surface area contributed by atoms with Crippen molar-refractivity contribution in [3.63, 3.8) is 0 Å². The molecule has 0 saturated carbocycles. The van der Waals surface area contributed by atoms with Crippen LogP contribution in [0, 0.1) is 6.92 Å². The highest BCUT2D eigenvalue weighted by molar-refractivity contribution is 6.30. The maximum Gasteiger partial charge on any atom is 0.224 e. The molecule has 0 amide bonds. The Labute approximate surface area is 147 Å². The first-order chi connectivity index (χ1) is 11.7. The maximum absolute atomic E-state index is 6.02. The molecule has 0 atom stereocenters. The SMILES string of the molecule is Cc1cc(Nc2cccc(Cl)c2)nc(NCCN2CCOCC2)n1. The molecule has 128 valence electrons. The molecule has 6 nitrogen and oxygen atoms in total. The van der Waals surface area contributed by atoms with E-state index in [0.29, 0.717) is 11.0 Å². The molecule has 2 aromatic rings. The van der Waals surface area contributed by atoms with E-state index in [1.54, 1.807) is 0 Å². The van der Waals surface area contributed by atoms with E-state index in [-0.39, 0.29) is 0 Å². The molecule has 0 aliphatic carbocycles. The first-order valence-electron chi connectivity index (χ1n) is 8.11. The van der Waals surface area contributed by atoms with E-state index in [4.69, 9.17) is 16.3 Å². The summed E-state index contributed by atoms with van der Waals surface area (Å²) in [5.74, 6) is 1.38. The smallest absolute Gasteiger partial charge is 0.224 e. The van der Waals surface area contributed by atoms with E-state index in [9.17, 15) is 0 Å². The Morgan fingerprint density at radius 1 is 1.21 bits per heavy atom. The summed E-state index contributed by atoms with van der Waals surface area (Å²) in [7, 11) is 0. The number of anilines is 3. The minimum atomic E-state index is 0.632. The molecule has 0 bridgehead atoms. The molecule has 0 radical (unpaired) electrons. The van der Waals surface area contributed by atoms with Crippen LogP contribution in [0.3, 0.4) is 0 Å². The summed E-state index contributed by atoms with van der Waals surface area (Å²) in [4.78, 5) is 11.3. The lowest BCUT2D eigenvalue weighted by molar-refractivity contribution is 0.0398. The van der Waals surface area contributed by atoms with Gasteiger partial charge in [0, 0.05) is 48.6 Å². The third kappa shape index (κ3) is 5.06. The molecule has 2 heterocycles. The van der Waals surface area contributed by atoms with Crippen LogP contribution in [-0.4, -0.2) is 54.3 Å². The third-order valence-electron chi connectivity index (χ3n) is 3.77. The third-order valence-corrected chi connectivity index (χ3v) is 4.00. The fraction of sp³-hybridized carbons (Fsp3) is 0.412. The lowest BCUT2D eigenvalue weighted by Crippen LogP contribution is -2.39. The summed E-state index contributed by atoms with van der Waals surface area (Å²) < 4.78 is 5.36. The highest BCUT2D eigenvalue weighted by atomic mass is 35.5. The van der Waals surface area contributed by atoms with Gasteiger partial charge in [0.25, 0.3) is 0 Å². The Morgan fingerprint density at radius 2 is 2.04 bits per heavy atom. The normalized spacial score (nSPS) is 15.2. The number of hydrogen-bond acceptors (Lipinski definition) is 6. The van der Waals surface area contributed by atoms with E-state index in [0.717, 1.165) is 56.6 Å². The maximum atomic E-state index is 6.02. The minimum Gasteiger partial charge on any atom is -0.379 e. The van der Waals surface area contributed by atoms with Gasteiger partial charge in [0.1, 0.15) is 5.82 Å². The predicted molar refractivity (Wildman–Crippen MR) is 97.3 cm³/mol. The van der Waals surface area contributed by atoms with Gasteiger partial charge in [-0.05, 0) is 25.1 Å². The van der Waals surface area contributed by atoms with Gasteiger partial charge in [-0.1, -0.05) is 17.7 Å². The summed E-state index contributed by atoms with van der Waals surface area (Å²) in [6.07, 6.45) is 0. The van der Waals surface area contributed by atoms with E-state index in [2.05, 4.69) is 25.5 Å². The number of ether oxygens (including phenoxy) is 1. The van der Waals surface area contributed by atoms with Gasteiger partial charge < -0.3 is 15.4 Å². The van der Waals surface area contributed by atoms with Crippen molar-refractivity contribution < 1.29 is 4.74 Å². The van der Waals surface area contributed by atoms with Gasteiger partial charge in [-0.25, -0.2) is 4.98 Å². The second kappa shape index (κ2) is 8.28. The van der Waals surface area contributed by atoms with Gasteiger partial charge >= 0.3 is 0 Å². The highest BCUT2D eigenvalue weighted by Gasteiger charge is 2.10. The molecule has 1 saturated heterocycles. The average Bonchev–Trinajstić information content (AvgIpc) is 2.55. The number of nitrogens with one attached hydrogen (secondary N) is 2. The Bertz CT molecular complexity index is 676. The number of hydrogen-bond donors (Lipinski definition) is 2. The number of morpholine rings is 1. The van der Waals surface area contributed by atoms with E-state index in [1.807, 2.05) is 37.3 Å². The molecule has 1 aliphatic rings. The summed E-state index contributed by atoms with van der Waals surface area (Å²) in [5, 5.41) is 7.25. The molecule has 1 aliphatic heterocycles. The number of rotatable bonds is 6. The van der Waals surface area contributed by atoms with Gasteiger partial charge in [-0.3, -0.25) is 4.90 Å². The monoisotopic (exact) mass is 347 g/mol. The van der Waals surface area contributed by atoms with Gasteiger partial charge in [0.15, 0.2) is 0 Å². The molecule has 0 spiro atoms.